The molecule has 25 heavy (non-hydrogen) atoms. The summed E-state index contributed by atoms with van der Waals surface area (Å²) in [5.74, 6) is -2.55. The molecule has 0 spiro atoms. The summed E-state index contributed by atoms with van der Waals surface area (Å²) in [6, 6.07) is 15.9. The number of hydrogen-bond donors (Lipinski definition) is 1. The van der Waals surface area contributed by atoms with Gasteiger partial charge >= 0.3 is 0 Å². The third kappa shape index (κ3) is 3.16. The van der Waals surface area contributed by atoms with Crippen molar-refractivity contribution in [2.24, 2.45) is 0 Å². The first kappa shape index (κ1) is 16.1. The van der Waals surface area contributed by atoms with Crippen molar-refractivity contribution >= 4 is 34.0 Å². The SMILES string of the molecule is O=C([O-])c1cccc([N+](=O)[O-])c1C(=O)Nc1ccc2ccccc2c1. The Morgan fingerprint density at radius 2 is 1.64 bits per heavy atom. The highest BCUT2D eigenvalue weighted by Crippen LogP contribution is 2.25. The van der Waals surface area contributed by atoms with E-state index in [0.29, 0.717) is 5.69 Å². The number of hydrogen-bond acceptors (Lipinski definition) is 5. The summed E-state index contributed by atoms with van der Waals surface area (Å²) in [4.78, 5) is 34.0. The van der Waals surface area contributed by atoms with Gasteiger partial charge in [-0.25, -0.2) is 0 Å². The molecule has 0 bridgehead atoms. The average molecular weight is 335 g/mol. The number of carbonyl (C=O) groups is 2. The monoisotopic (exact) mass is 335 g/mol. The number of aromatic carboxylic acids is 1. The second kappa shape index (κ2) is 6.40. The Labute approximate surface area is 141 Å². The van der Waals surface area contributed by atoms with Crippen LogP contribution in [0.2, 0.25) is 0 Å². The van der Waals surface area contributed by atoms with E-state index >= 15 is 0 Å². The molecule has 0 fully saturated rings. The van der Waals surface area contributed by atoms with Crippen LogP contribution in [-0.2, 0) is 0 Å². The molecule has 124 valence electrons. The van der Waals surface area contributed by atoms with Gasteiger partial charge in [-0.15, -0.1) is 0 Å². The molecule has 7 heteroatoms. The number of rotatable bonds is 4. The molecular formula is C18H11N2O5-. The molecule has 0 aliphatic carbocycles. The van der Waals surface area contributed by atoms with E-state index in [-0.39, 0.29) is 0 Å². The molecule has 0 aliphatic heterocycles. The van der Waals surface area contributed by atoms with E-state index in [2.05, 4.69) is 5.32 Å². The summed E-state index contributed by atoms with van der Waals surface area (Å²) in [6.07, 6.45) is 0. The molecule has 3 aromatic carbocycles. The van der Waals surface area contributed by atoms with E-state index in [9.17, 15) is 24.8 Å². The Bertz CT molecular complexity index is 981. The number of nitrogens with zero attached hydrogens (tertiary/aromatic N) is 1. The predicted molar refractivity (Wildman–Crippen MR) is 89.3 cm³/mol. The van der Waals surface area contributed by atoms with Gasteiger partial charge in [0.1, 0.15) is 5.56 Å². The van der Waals surface area contributed by atoms with Crippen LogP contribution in [-0.4, -0.2) is 16.8 Å². The van der Waals surface area contributed by atoms with Gasteiger partial charge in [0.05, 0.1) is 10.9 Å². The maximum absolute atomic E-state index is 12.5. The number of carboxylic acid groups (broad SMARTS) is 1. The van der Waals surface area contributed by atoms with Crippen molar-refractivity contribution in [2.75, 3.05) is 5.32 Å². The smallest absolute Gasteiger partial charge is 0.282 e. The molecule has 1 N–H and O–H groups in total. The first-order chi connectivity index (χ1) is 12.0. The normalized spacial score (nSPS) is 10.4. The fourth-order valence-corrected chi connectivity index (χ4v) is 2.56. The number of carbonyl (C=O) groups excluding carboxylic acids is 2. The average Bonchev–Trinajstić information content (AvgIpc) is 2.60. The molecule has 0 radical (unpaired) electrons. The Kier molecular flexibility index (Phi) is 4.13. The summed E-state index contributed by atoms with van der Waals surface area (Å²) in [5, 5.41) is 26.7. The highest BCUT2D eigenvalue weighted by molar-refractivity contribution is 6.13. The van der Waals surface area contributed by atoms with Crippen LogP contribution in [0.5, 0.6) is 0 Å². The summed E-state index contributed by atoms with van der Waals surface area (Å²) in [6.45, 7) is 0. The van der Waals surface area contributed by atoms with E-state index in [0.717, 1.165) is 22.9 Å². The number of nitrogens with one attached hydrogen (secondary N) is 1. The minimum Gasteiger partial charge on any atom is -0.545 e. The summed E-state index contributed by atoms with van der Waals surface area (Å²) < 4.78 is 0. The van der Waals surface area contributed by atoms with E-state index in [1.165, 1.54) is 6.07 Å². The fourth-order valence-electron chi connectivity index (χ4n) is 2.56. The van der Waals surface area contributed by atoms with Crippen LogP contribution < -0.4 is 10.4 Å². The lowest BCUT2D eigenvalue weighted by Crippen LogP contribution is -2.27. The molecule has 0 atom stereocenters. The fraction of sp³-hybridized carbons (Fsp3) is 0. The van der Waals surface area contributed by atoms with Crippen molar-refractivity contribution in [3.05, 3.63) is 81.9 Å². The number of benzene rings is 3. The lowest BCUT2D eigenvalue weighted by molar-refractivity contribution is -0.385. The first-order valence-electron chi connectivity index (χ1n) is 7.26. The quantitative estimate of drug-likeness (QED) is 0.581. The topological polar surface area (TPSA) is 112 Å². The molecule has 7 nitrogen and oxygen atoms in total. The van der Waals surface area contributed by atoms with E-state index in [1.807, 2.05) is 24.3 Å². The van der Waals surface area contributed by atoms with Crippen molar-refractivity contribution in [3.8, 4) is 0 Å². The number of nitro groups is 1. The summed E-state index contributed by atoms with van der Waals surface area (Å²) in [7, 11) is 0. The third-order valence-electron chi connectivity index (χ3n) is 3.69. The van der Waals surface area contributed by atoms with Crippen LogP contribution in [0.3, 0.4) is 0 Å². The molecular weight excluding hydrogens is 324 g/mol. The molecule has 0 aromatic heterocycles. The molecule has 0 aliphatic rings. The maximum Gasteiger partial charge on any atom is 0.282 e. The Hall–Kier alpha value is -3.74. The third-order valence-corrected chi connectivity index (χ3v) is 3.69. The molecule has 3 aromatic rings. The predicted octanol–water partition coefficient (Wildman–Crippen LogP) is 2.36. The van der Waals surface area contributed by atoms with Crippen LogP contribution >= 0.6 is 0 Å². The lowest BCUT2D eigenvalue weighted by Gasteiger charge is -2.11. The van der Waals surface area contributed by atoms with Crippen molar-refractivity contribution < 1.29 is 19.6 Å². The van der Waals surface area contributed by atoms with Crippen LogP contribution in [0.1, 0.15) is 20.7 Å². The van der Waals surface area contributed by atoms with E-state index in [1.54, 1.807) is 18.2 Å². The minimum absolute atomic E-state index is 0.395. The van der Waals surface area contributed by atoms with E-state index < -0.39 is 33.6 Å². The standard InChI is InChI=1S/C18H12N2O5/c21-17(16-14(18(22)23)6-3-7-15(16)20(24)25)19-13-9-8-11-4-1-2-5-12(11)10-13/h1-10H,(H,19,21)(H,22,23)/p-1. The Balaban J connectivity index is 2.02. The van der Waals surface area contributed by atoms with Gasteiger partial charge in [0.2, 0.25) is 0 Å². The number of nitro benzene ring substituents is 1. The van der Waals surface area contributed by atoms with Crippen LogP contribution in [0, 0.1) is 10.1 Å². The number of carboxylic acids is 1. The summed E-state index contributed by atoms with van der Waals surface area (Å²) in [5.41, 5.74) is -1.28. The molecule has 0 saturated carbocycles. The van der Waals surface area contributed by atoms with Gasteiger partial charge in [0.25, 0.3) is 11.6 Å². The van der Waals surface area contributed by atoms with Crippen molar-refractivity contribution in [1.82, 2.24) is 0 Å². The second-order valence-corrected chi connectivity index (χ2v) is 5.26. The van der Waals surface area contributed by atoms with Gasteiger partial charge in [-0.2, -0.15) is 0 Å². The Morgan fingerprint density at radius 1 is 0.920 bits per heavy atom. The number of amides is 1. The van der Waals surface area contributed by atoms with Crippen LogP contribution in [0.4, 0.5) is 11.4 Å². The van der Waals surface area contributed by atoms with E-state index in [4.69, 9.17) is 0 Å². The van der Waals surface area contributed by atoms with Crippen molar-refractivity contribution in [1.29, 1.82) is 0 Å². The van der Waals surface area contributed by atoms with Gasteiger partial charge in [0, 0.05) is 17.3 Å². The van der Waals surface area contributed by atoms with Crippen LogP contribution in [0.25, 0.3) is 10.8 Å². The highest BCUT2D eigenvalue weighted by atomic mass is 16.6. The maximum atomic E-state index is 12.5. The van der Waals surface area contributed by atoms with Gasteiger partial charge < -0.3 is 15.2 Å². The minimum atomic E-state index is -1.66. The molecule has 3 rings (SSSR count). The number of fused-ring (bicyclic) bond motifs is 1. The van der Waals surface area contributed by atoms with Gasteiger partial charge in [0.15, 0.2) is 0 Å². The largest absolute Gasteiger partial charge is 0.545 e. The van der Waals surface area contributed by atoms with Crippen molar-refractivity contribution in [3.63, 3.8) is 0 Å². The van der Waals surface area contributed by atoms with Gasteiger partial charge in [-0.1, -0.05) is 42.5 Å². The van der Waals surface area contributed by atoms with Crippen molar-refractivity contribution in [2.45, 2.75) is 0 Å². The number of anilines is 1. The summed E-state index contributed by atoms with van der Waals surface area (Å²) >= 11 is 0. The van der Waals surface area contributed by atoms with Gasteiger partial charge in [-0.05, 0) is 22.9 Å². The molecule has 0 heterocycles. The molecule has 0 saturated heterocycles. The zero-order valence-electron chi connectivity index (χ0n) is 12.8. The van der Waals surface area contributed by atoms with Gasteiger partial charge in [-0.3, -0.25) is 14.9 Å². The van der Waals surface area contributed by atoms with Crippen LogP contribution in [0.15, 0.2) is 60.7 Å². The zero-order valence-corrected chi connectivity index (χ0v) is 12.8. The highest BCUT2D eigenvalue weighted by Gasteiger charge is 2.24. The lowest BCUT2D eigenvalue weighted by atomic mass is 10.0. The zero-order chi connectivity index (χ0) is 18.0. The molecule has 0 unspecified atom stereocenters. The Morgan fingerprint density at radius 3 is 2.32 bits per heavy atom. The first-order valence-corrected chi connectivity index (χ1v) is 7.26. The molecule has 1 amide bonds. The second-order valence-electron chi connectivity index (χ2n) is 5.26.